The van der Waals surface area contributed by atoms with Gasteiger partial charge in [-0.15, -0.1) is 0 Å². The predicted octanol–water partition coefficient (Wildman–Crippen LogP) is 2.25. The van der Waals surface area contributed by atoms with Crippen LogP contribution in [0.2, 0.25) is 0 Å². The fourth-order valence-electron chi connectivity index (χ4n) is 1.95. The molecule has 0 aliphatic rings. The average Bonchev–Trinajstić information content (AvgIpc) is 2.43. The summed E-state index contributed by atoms with van der Waals surface area (Å²) in [5.74, 6) is 0.0784. The van der Waals surface area contributed by atoms with Gasteiger partial charge < -0.3 is 10.6 Å². The maximum atomic E-state index is 12.2. The van der Waals surface area contributed by atoms with Gasteiger partial charge in [-0.3, -0.25) is 4.79 Å². The van der Waals surface area contributed by atoms with Crippen LogP contribution in [-0.2, 0) is 16.6 Å². The smallest absolute Gasteiger partial charge is 0.230 e. The number of rotatable bonds is 7. The Morgan fingerprint density at radius 2 is 1.74 bits per heavy atom. The molecular weight excluding hydrogens is 236 g/mol. The molecule has 0 aliphatic heterocycles. The minimum Gasteiger partial charge on any atom is -0.354 e. The molecule has 0 spiro atoms. The molecule has 0 fully saturated rings. The van der Waals surface area contributed by atoms with Gasteiger partial charge in [0.15, 0.2) is 0 Å². The Balaban J connectivity index is 2.64. The Bertz CT molecular complexity index is 396. The van der Waals surface area contributed by atoms with Crippen molar-refractivity contribution in [1.29, 1.82) is 0 Å². The molecule has 0 aromatic heterocycles. The van der Waals surface area contributed by atoms with Crippen LogP contribution in [-0.4, -0.2) is 25.5 Å². The molecule has 3 heteroatoms. The number of carbonyl (C=O) groups is 1. The van der Waals surface area contributed by atoms with E-state index >= 15 is 0 Å². The zero-order chi connectivity index (χ0) is 14.3. The fraction of sp³-hybridized carbons (Fsp3) is 0.562. The van der Waals surface area contributed by atoms with E-state index in [0.29, 0.717) is 6.54 Å². The van der Waals surface area contributed by atoms with Crippen LogP contribution in [0.3, 0.4) is 0 Å². The summed E-state index contributed by atoms with van der Waals surface area (Å²) < 4.78 is 0. The second kappa shape index (κ2) is 7.29. The number of aryl methyl sites for hydroxylation is 1. The van der Waals surface area contributed by atoms with Gasteiger partial charge in [0.05, 0.1) is 5.41 Å². The Morgan fingerprint density at radius 3 is 2.26 bits per heavy atom. The molecule has 1 amide bonds. The van der Waals surface area contributed by atoms with Crippen molar-refractivity contribution in [3.8, 4) is 0 Å². The van der Waals surface area contributed by atoms with Crippen molar-refractivity contribution < 1.29 is 4.79 Å². The molecule has 0 aliphatic carbocycles. The lowest BCUT2D eigenvalue weighted by Gasteiger charge is -2.24. The SMILES string of the molecule is CCNCCNC(=O)C(C)(C)c1ccc(CC)cc1. The highest BCUT2D eigenvalue weighted by atomic mass is 16.2. The largest absolute Gasteiger partial charge is 0.354 e. The van der Waals surface area contributed by atoms with E-state index in [9.17, 15) is 4.79 Å². The van der Waals surface area contributed by atoms with Crippen LogP contribution in [0.25, 0.3) is 0 Å². The molecule has 1 aromatic rings. The minimum absolute atomic E-state index is 0.0784. The molecule has 1 aromatic carbocycles. The van der Waals surface area contributed by atoms with Crippen molar-refractivity contribution in [2.24, 2.45) is 0 Å². The molecule has 0 bridgehead atoms. The third-order valence-corrected chi connectivity index (χ3v) is 3.49. The first-order chi connectivity index (χ1) is 9.02. The topological polar surface area (TPSA) is 41.1 Å². The van der Waals surface area contributed by atoms with E-state index in [4.69, 9.17) is 0 Å². The highest BCUT2D eigenvalue weighted by molar-refractivity contribution is 5.87. The van der Waals surface area contributed by atoms with E-state index in [1.54, 1.807) is 0 Å². The van der Waals surface area contributed by atoms with E-state index in [1.165, 1.54) is 5.56 Å². The summed E-state index contributed by atoms with van der Waals surface area (Å²) in [7, 11) is 0. The van der Waals surface area contributed by atoms with E-state index in [1.807, 2.05) is 13.8 Å². The van der Waals surface area contributed by atoms with Gasteiger partial charge in [-0.2, -0.15) is 0 Å². The van der Waals surface area contributed by atoms with E-state index in [0.717, 1.165) is 25.1 Å². The number of hydrogen-bond donors (Lipinski definition) is 2. The molecule has 2 N–H and O–H groups in total. The van der Waals surface area contributed by atoms with Gasteiger partial charge in [-0.1, -0.05) is 38.1 Å². The molecule has 0 unspecified atom stereocenters. The molecule has 0 saturated carbocycles. The predicted molar refractivity (Wildman–Crippen MR) is 80.4 cm³/mol. The van der Waals surface area contributed by atoms with Crippen LogP contribution < -0.4 is 10.6 Å². The summed E-state index contributed by atoms with van der Waals surface area (Å²) in [5.41, 5.74) is 1.87. The maximum Gasteiger partial charge on any atom is 0.230 e. The van der Waals surface area contributed by atoms with E-state index in [2.05, 4.69) is 48.7 Å². The summed E-state index contributed by atoms with van der Waals surface area (Å²) in [5, 5.41) is 6.18. The second-order valence-electron chi connectivity index (χ2n) is 5.28. The zero-order valence-electron chi connectivity index (χ0n) is 12.5. The molecule has 3 nitrogen and oxygen atoms in total. The first-order valence-corrected chi connectivity index (χ1v) is 7.10. The van der Waals surface area contributed by atoms with Crippen LogP contribution in [0.5, 0.6) is 0 Å². The Labute approximate surface area is 116 Å². The molecule has 0 radical (unpaired) electrons. The number of benzene rings is 1. The van der Waals surface area contributed by atoms with Crippen LogP contribution in [0.15, 0.2) is 24.3 Å². The molecule has 106 valence electrons. The van der Waals surface area contributed by atoms with Crippen molar-refractivity contribution in [3.05, 3.63) is 35.4 Å². The van der Waals surface area contributed by atoms with Gasteiger partial charge in [0, 0.05) is 13.1 Å². The number of nitrogens with one attached hydrogen (secondary N) is 2. The fourth-order valence-corrected chi connectivity index (χ4v) is 1.95. The van der Waals surface area contributed by atoms with Gasteiger partial charge in [0.1, 0.15) is 0 Å². The highest BCUT2D eigenvalue weighted by Crippen LogP contribution is 2.23. The second-order valence-corrected chi connectivity index (χ2v) is 5.28. The van der Waals surface area contributed by atoms with Crippen molar-refractivity contribution in [2.75, 3.05) is 19.6 Å². The van der Waals surface area contributed by atoms with Crippen molar-refractivity contribution >= 4 is 5.91 Å². The first kappa shape index (κ1) is 15.7. The third kappa shape index (κ3) is 4.35. The van der Waals surface area contributed by atoms with Crippen LogP contribution in [0.1, 0.15) is 38.8 Å². The number of likely N-dealkylation sites (N-methyl/N-ethyl adjacent to an activating group) is 1. The van der Waals surface area contributed by atoms with Crippen molar-refractivity contribution in [2.45, 2.75) is 39.5 Å². The molecule has 19 heavy (non-hydrogen) atoms. The maximum absolute atomic E-state index is 12.2. The van der Waals surface area contributed by atoms with Gasteiger partial charge in [0.25, 0.3) is 0 Å². The lowest BCUT2D eigenvalue weighted by Crippen LogP contribution is -2.42. The Hall–Kier alpha value is -1.35. The molecule has 0 saturated heterocycles. The highest BCUT2D eigenvalue weighted by Gasteiger charge is 2.29. The van der Waals surface area contributed by atoms with Crippen molar-refractivity contribution in [3.63, 3.8) is 0 Å². The summed E-state index contributed by atoms with van der Waals surface area (Å²) in [6, 6.07) is 8.32. The van der Waals surface area contributed by atoms with Gasteiger partial charge in [-0.25, -0.2) is 0 Å². The Morgan fingerprint density at radius 1 is 1.11 bits per heavy atom. The van der Waals surface area contributed by atoms with Gasteiger partial charge >= 0.3 is 0 Å². The monoisotopic (exact) mass is 262 g/mol. The molecule has 0 heterocycles. The number of hydrogen-bond acceptors (Lipinski definition) is 2. The van der Waals surface area contributed by atoms with Gasteiger partial charge in [0.2, 0.25) is 5.91 Å². The summed E-state index contributed by atoms with van der Waals surface area (Å²) in [4.78, 5) is 12.2. The van der Waals surface area contributed by atoms with Crippen molar-refractivity contribution in [1.82, 2.24) is 10.6 Å². The number of carbonyl (C=O) groups excluding carboxylic acids is 1. The first-order valence-electron chi connectivity index (χ1n) is 7.10. The Kier molecular flexibility index (Phi) is 6.03. The summed E-state index contributed by atoms with van der Waals surface area (Å²) >= 11 is 0. The minimum atomic E-state index is -0.488. The lowest BCUT2D eigenvalue weighted by atomic mass is 9.83. The summed E-state index contributed by atoms with van der Waals surface area (Å²) in [6.45, 7) is 10.5. The van der Waals surface area contributed by atoms with Crippen LogP contribution >= 0.6 is 0 Å². The number of amides is 1. The quantitative estimate of drug-likeness (QED) is 0.740. The third-order valence-electron chi connectivity index (χ3n) is 3.49. The normalized spacial score (nSPS) is 11.4. The molecular formula is C16H26N2O. The molecule has 0 atom stereocenters. The average molecular weight is 262 g/mol. The van der Waals surface area contributed by atoms with Crippen LogP contribution in [0.4, 0.5) is 0 Å². The zero-order valence-corrected chi connectivity index (χ0v) is 12.5. The van der Waals surface area contributed by atoms with E-state index < -0.39 is 5.41 Å². The molecule has 1 rings (SSSR count). The van der Waals surface area contributed by atoms with Crippen LogP contribution in [0, 0.1) is 0 Å². The standard InChI is InChI=1S/C16H26N2O/c1-5-13-7-9-14(10-8-13)16(3,4)15(19)18-12-11-17-6-2/h7-10,17H,5-6,11-12H2,1-4H3,(H,18,19). The van der Waals surface area contributed by atoms with Gasteiger partial charge in [-0.05, 0) is 37.9 Å². The summed E-state index contributed by atoms with van der Waals surface area (Å²) in [6.07, 6.45) is 1.02. The van der Waals surface area contributed by atoms with E-state index in [-0.39, 0.29) is 5.91 Å². The lowest BCUT2D eigenvalue weighted by molar-refractivity contribution is -0.125.